The van der Waals surface area contributed by atoms with Crippen molar-refractivity contribution in [3.8, 4) is 5.75 Å². The number of primary amides is 1. The zero-order chi connectivity index (χ0) is 21.1. The molecule has 9 heteroatoms. The number of nitrogens with two attached hydrogens (primary N) is 1. The predicted molar refractivity (Wildman–Crippen MR) is 108 cm³/mol. The van der Waals surface area contributed by atoms with Crippen LogP contribution in [0.5, 0.6) is 5.75 Å². The number of ether oxygens (including phenoxy) is 1. The van der Waals surface area contributed by atoms with Crippen LogP contribution in [-0.2, 0) is 6.54 Å². The molecule has 7 nitrogen and oxygen atoms in total. The topological polar surface area (TPSA) is 85.8 Å². The van der Waals surface area contributed by atoms with Crippen LogP contribution < -0.4 is 15.4 Å². The highest BCUT2D eigenvalue weighted by Crippen LogP contribution is 2.33. The van der Waals surface area contributed by atoms with Gasteiger partial charge >= 0.3 is 6.61 Å². The Morgan fingerprint density at radius 2 is 2.00 bits per heavy atom. The van der Waals surface area contributed by atoms with Gasteiger partial charge in [0.15, 0.2) is 11.5 Å². The molecule has 0 atom stereocenters. The van der Waals surface area contributed by atoms with Crippen LogP contribution in [0.3, 0.4) is 0 Å². The highest BCUT2D eigenvalue weighted by molar-refractivity contribution is 6.03. The molecule has 4 rings (SSSR count). The van der Waals surface area contributed by atoms with Crippen molar-refractivity contribution in [3.63, 3.8) is 0 Å². The fourth-order valence-corrected chi connectivity index (χ4v) is 4.10. The normalized spacial score (nSPS) is 14.9. The van der Waals surface area contributed by atoms with E-state index in [-0.39, 0.29) is 23.9 Å². The van der Waals surface area contributed by atoms with Crippen molar-refractivity contribution in [1.82, 2.24) is 14.6 Å². The fourth-order valence-electron chi connectivity index (χ4n) is 4.10. The van der Waals surface area contributed by atoms with Crippen LogP contribution in [-0.4, -0.2) is 33.2 Å². The summed E-state index contributed by atoms with van der Waals surface area (Å²) >= 11 is 0. The number of benzene rings is 1. The highest BCUT2D eigenvalue weighted by Gasteiger charge is 2.30. The summed E-state index contributed by atoms with van der Waals surface area (Å²) in [5.74, 6) is -0.104. The maximum Gasteiger partial charge on any atom is 0.387 e. The molecule has 1 aromatic carbocycles. The van der Waals surface area contributed by atoms with Gasteiger partial charge in [-0.1, -0.05) is 37.5 Å². The zero-order valence-electron chi connectivity index (χ0n) is 16.4. The quantitative estimate of drug-likeness (QED) is 0.635. The van der Waals surface area contributed by atoms with E-state index in [0.717, 1.165) is 32.1 Å². The average molecular weight is 415 g/mol. The molecule has 1 aliphatic rings. The molecule has 158 valence electrons. The van der Waals surface area contributed by atoms with E-state index >= 15 is 0 Å². The summed E-state index contributed by atoms with van der Waals surface area (Å²) in [5.41, 5.74) is 6.89. The lowest BCUT2D eigenvalue weighted by atomic mass is 9.93. The molecule has 2 N–H and O–H groups in total. The minimum atomic E-state index is -2.92. The van der Waals surface area contributed by atoms with Gasteiger partial charge in [-0.15, -0.1) is 5.10 Å². The molecule has 30 heavy (non-hydrogen) atoms. The van der Waals surface area contributed by atoms with E-state index in [2.05, 4.69) is 10.1 Å². The smallest absolute Gasteiger partial charge is 0.387 e. The number of hydrogen-bond donors (Lipinski definition) is 1. The van der Waals surface area contributed by atoms with Gasteiger partial charge in [0.1, 0.15) is 11.3 Å². The first-order valence-corrected chi connectivity index (χ1v) is 9.97. The lowest BCUT2D eigenvalue weighted by Crippen LogP contribution is -2.38. The second kappa shape index (κ2) is 8.64. The first-order chi connectivity index (χ1) is 14.5. The number of anilines is 1. The largest absolute Gasteiger partial charge is 0.434 e. The van der Waals surface area contributed by atoms with Crippen LogP contribution in [0.4, 0.5) is 14.6 Å². The maximum absolute atomic E-state index is 12.9. The third-order valence-corrected chi connectivity index (χ3v) is 5.44. The predicted octanol–water partition coefficient (Wildman–Crippen LogP) is 3.77. The Kier molecular flexibility index (Phi) is 5.78. The van der Waals surface area contributed by atoms with Crippen LogP contribution in [0.1, 0.15) is 48.0 Å². The maximum atomic E-state index is 12.9. The van der Waals surface area contributed by atoms with E-state index in [1.165, 1.54) is 10.6 Å². The van der Waals surface area contributed by atoms with Crippen LogP contribution in [0, 0.1) is 0 Å². The Morgan fingerprint density at radius 3 is 2.73 bits per heavy atom. The number of carbonyl (C=O) groups excluding carboxylic acids is 1. The molecule has 0 aliphatic heterocycles. The van der Waals surface area contributed by atoms with Crippen molar-refractivity contribution in [2.45, 2.75) is 51.3 Å². The molecule has 0 bridgehead atoms. The van der Waals surface area contributed by atoms with Gasteiger partial charge < -0.3 is 15.4 Å². The second-order valence-corrected chi connectivity index (χ2v) is 7.36. The Hall–Kier alpha value is -3.23. The summed E-state index contributed by atoms with van der Waals surface area (Å²) in [6, 6.07) is 8.49. The molecule has 2 heterocycles. The van der Waals surface area contributed by atoms with Gasteiger partial charge in [0.25, 0.3) is 5.91 Å². The standard InChI is InChI=1S/C21H23F2N5O2/c22-21(23)30-16-10-5-4-7-14(16)13-27(15-8-2-1-3-9-15)20-17(18(24)29)19-25-11-6-12-28(19)26-20/h4-7,10-12,15,21H,1-3,8-9,13H2,(H2,24,29). The van der Waals surface area contributed by atoms with Crippen LogP contribution in [0.25, 0.3) is 5.65 Å². The van der Waals surface area contributed by atoms with Crippen LogP contribution >= 0.6 is 0 Å². The van der Waals surface area contributed by atoms with Crippen molar-refractivity contribution in [2.75, 3.05) is 4.90 Å². The minimum absolute atomic E-state index is 0.0985. The molecular weight excluding hydrogens is 392 g/mol. The summed E-state index contributed by atoms with van der Waals surface area (Å²) in [4.78, 5) is 18.6. The fraction of sp³-hybridized carbons (Fsp3) is 0.381. The summed E-state index contributed by atoms with van der Waals surface area (Å²) in [6.45, 7) is -2.66. The van der Waals surface area contributed by atoms with E-state index in [9.17, 15) is 13.6 Å². The zero-order valence-corrected chi connectivity index (χ0v) is 16.4. The summed E-state index contributed by atoms with van der Waals surface area (Å²) < 4.78 is 32.0. The van der Waals surface area contributed by atoms with E-state index in [4.69, 9.17) is 10.5 Å². The first kappa shape index (κ1) is 20.1. The average Bonchev–Trinajstić information content (AvgIpc) is 3.13. The number of alkyl halides is 2. The van der Waals surface area contributed by atoms with Crippen LogP contribution in [0.15, 0.2) is 42.7 Å². The minimum Gasteiger partial charge on any atom is -0.434 e. The van der Waals surface area contributed by atoms with Gasteiger partial charge in [0, 0.05) is 30.5 Å². The third kappa shape index (κ3) is 4.05. The monoisotopic (exact) mass is 415 g/mol. The number of halogens is 2. The molecule has 1 aliphatic carbocycles. The Labute approximate surface area is 172 Å². The molecule has 0 spiro atoms. The van der Waals surface area contributed by atoms with Gasteiger partial charge in [-0.25, -0.2) is 9.50 Å². The molecule has 1 amide bonds. The molecule has 0 unspecified atom stereocenters. The SMILES string of the molecule is NC(=O)c1c(N(Cc2ccccc2OC(F)F)C2CCCCC2)nn2cccnc12. The second-order valence-electron chi connectivity index (χ2n) is 7.36. The lowest BCUT2D eigenvalue weighted by Gasteiger charge is -2.35. The number of carbonyl (C=O) groups is 1. The van der Waals surface area contributed by atoms with Crippen molar-refractivity contribution >= 4 is 17.4 Å². The number of aromatic nitrogens is 3. The number of hydrogen-bond acceptors (Lipinski definition) is 5. The van der Waals surface area contributed by atoms with Crippen LogP contribution in [0.2, 0.25) is 0 Å². The van der Waals surface area contributed by atoms with Gasteiger partial charge in [-0.2, -0.15) is 8.78 Å². The lowest BCUT2D eigenvalue weighted by molar-refractivity contribution is -0.0504. The Bertz CT molecular complexity index is 1030. The third-order valence-electron chi connectivity index (χ3n) is 5.44. The number of nitrogens with zero attached hydrogens (tertiary/aromatic N) is 4. The van der Waals surface area contributed by atoms with Crippen molar-refractivity contribution < 1.29 is 18.3 Å². The molecule has 1 saturated carbocycles. The first-order valence-electron chi connectivity index (χ1n) is 9.97. The number of rotatable bonds is 7. The number of amides is 1. The summed E-state index contributed by atoms with van der Waals surface area (Å²) in [5, 5.41) is 4.59. The number of fused-ring (bicyclic) bond motifs is 1. The molecule has 3 aromatic rings. The number of para-hydroxylation sites is 1. The van der Waals surface area contributed by atoms with E-state index < -0.39 is 12.5 Å². The molecule has 1 fully saturated rings. The molecule has 0 radical (unpaired) electrons. The van der Waals surface area contributed by atoms with Crippen molar-refractivity contribution in [3.05, 3.63) is 53.9 Å². The van der Waals surface area contributed by atoms with E-state index in [1.807, 2.05) is 4.90 Å². The van der Waals surface area contributed by atoms with E-state index in [0.29, 0.717) is 17.0 Å². The van der Waals surface area contributed by atoms with Gasteiger partial charge in [0.05, 0.1) is 0 Å². The highest BCUT2D eigenvalue weighted by atomic mass is 19.3. The molecular formula is C21H23F2N5O2. The van der Waals surface area contributed by atoms with Crippen molar-refractivity contribution in [1.29, 1.82) is 0 Å². The summed E-state index contributed by atoms with van der Waals surface area (Å²) in [6.07, 6.45) is 8.34. The van der Waals surface area contributed by atoms with Gasteiger partial charge in [-0.3, -0.25) is 4.79 Å². The summed E-state index contributed by atoms with van der Waals surface area (Å²) in [7, 11) is 0. The van der Waals surface area contributed by atoms with Crippen molar-refractivity contribution in [2.24, 2.45) is 5.73 Å². The van der Waals surface area contributed by atoms with E-state index in [1.54, 1.807) is 36.7 Å². The molecule has 2 aromatic heterocycles. The van der Waals surface area contributed by atoms with Gasteiger partial charge in [-0.05, 0) is 25.0 Å². The van der Waals surface area contributed by atoms with Gasteiger partial charge in [0.2, 0.25) is 0 Å². The Morgan fingerprint density at radius 1 is 1.23 bits per heavy atom. The molecule has 0 saturated heterocycles. The Balaban J connectivity index is 1.80.